The first kappa shape index (κ1) is 13.4. The summed E-state index contributed by atoms with van der Waals surface area (Å²) in [6.45, 7) is 9.52. The van der Waals surface area contributed by atoms with Crippen molar-refractivity contribution in [1.82, 2.24) is 5.32 Å². The van der Waals surface area contributed by atoms with Gasteiger partial charge in [-0.3, -0.25) is 0 Å². The van der Waals surface area contributed by atoms with Crippen LogP contribution in [0.5, 0.6) is 0 Å². The smallest absolute Gasteiger partial charge is 0.0697 e. The minimum Gasteiger partial charge on any atom is -0.396 e. The van der Waals surface area contributed by atoms with E-state index in [9.17, 15) is 0 Å². The van der Waals surface area contributed by atoms with Crippen molar-refractivity contribution in [3.8, 4) is 6.07 Å². The van der Waals surface area contributed by atoms with Gasteiger partial charge in [-0.1, -0.05) is 13.8 Å². The average molecular weight is 198 g/mol. The standard InChI is InChI=1S/C11H22N2O/c1-5-11(4,9-14)8-13-7-10(2,3)6-12/h13-14H,5,7-9H2,1-4H3. The monoisotopic (exact) mass is 198 g/mol. The van der Waals surface area contributed by atoms with Crippen LogP contribution in [0.4, 0.5) is 0 Å². The zero-order valence-electron chi connectivity index (χ0n) is 9.72. The van der Waals surface area contributed by atoms with Crippen LogP contribution in [0, 0.1) is 22.2 Å². The number of hydrogen-bond donors (Lipinski definition) is 2. The van der Waals surface area contributed by atoms with Crippen molar-refractivity contribution in [1.29, 1.82) is 5.26 Å². The first-order chi connectivity index (χ1) is 6.39. The molecule has 0 heterocycles. The molecule has 0 aromatic rings. The van der Waals surface area contributed by atoms with Crippen LogP contribution in [0.2, 0.25) is 0 Å². The highest BCUT2D eigenvalue weighted by atomic mass is 16.3. The van der Waals surface area contributed by atoms with Gasteiger partial charge in [-0.05, 0) is 20.3 Å². The van der Waals surface area contributed by atoms with Crippen molar-refractivity contribution in [3.05, 3.63) is 0 Å². The first-order valence-corrected chi connectivity index (χ1v) is 5.12. The third kappa shape index (κ3) is 4.59. The molecular weight excluding hydrogens is 176 g/mol. The Morgan fingerprint density at radius 1 is 1.29 bits per heavy atom. The summed E-state index contributed by atoms with van der Waals surface area (Å²) in [6.07, 6.45) is 0.934. The lowest BCUT2D eigenvalue weighted by Crippen LogP contribution is -2.38. The maximum atomic E-state index is 9.17. The summed E-state index contributed by atoms with van der Waals surface area (Å²) in [5.74, 6) is 0. The van der Waals surface area contributed by atoms with E-state index in [-0.39, 0.29) is 17.4 Å². The van der Waals surface area contributed by atoms with E-state index < -0.39 is 0 Å². The molecular formula is C11H22N2O. The Kier molecular flexibility index (Phi) is 5.11. The summed E-state index contributed by atoms with van der Waals surface area (Å²) in [6, 6.07) is 2.24. The molecule has 3 nitrogen and oxygen atoms in total. The maximum absolute atomic E-state index is 9.17. The Hall–Kier alpha value is -0.590. The molecule has 2 N–H and O–H groups in total. The molecule has 0 rings (SSSR count). The second-order valence-electron chi connectivity index (χ2n) is 4.92. The Balaban J connectivity index is 3.91. The number of hydrogen-bond acceptors (Lipinski definition) is 3. The molecule has 14 heavy (non-hydrogen) atoms. The summed E-state index contributed by atoms with van der Waals surface area (Å²) in [5, 5.41) is 21.2. The molecule has 0 fully saturated rings. The summed E-state index contributed by atoms with van der Waals surface area (Å²) in [4.78, 5) is 0. The van der Waals surface area contributed by atoms with Gasteiger partial charge in [-0.15, -0.1) is 0 Å². The third-order valence-electron chi connectivity index (χ3n) is 2.66. The van der Waals surface area contributed by atoms with Gasteiger partial charge in [0.1, 0.15) is 0 Å². The van der Waals surface area contributed by atoms with Crippen LogP contribution in [-0.2, 0) is 0 Å². The highest BCUT2D eigenvalue weighted by molar-refractivity contribution is 4.93. The highest BCUT2D eigenvalue weighted by Crippen LogP contribution is 2.19. The van der Waals surface area contributed by atoms with E-state index in [0.717, 1.165) is 13.0 Å². The van der Waals surface area contributed by atoms with Gasteiger partial charge < -0.3 is 10.4 Å². The molecule has 0 aliphatic rings. The van der Waals surface area contributed by atoms with Gasteiger partial charge in [-0.2, -0.15) is 5.26 Å². The van der Waals surface area contributed by atoms with E-state index >= 15 is 0 Å². The molecule has 0 saturated heterocycles. The Morgan fingerprint density at radius 3 is 2.21 bits per heavy atom. The van der Waals surface area contributed by atoms with Gasteiger partial charge in [0.2, 0.25) is 0 Å². The van der Waals surface area contributed by atoms with Crippen molar-refractivity contribution >= 4 is 0 Å². The van der Waals surface area contributed by atoms with E-state index in [1.807, 2.05) is 20.8 Å². The molecule has 0 radical (unpaired) electrons. The molecule has 0 aliphatic heterocycles. The van der Waals surface area contributed by atoms with Crippen molar-refractivity contribution < 1.29 is 5.11 Å². The zero-order valence-corrected chi connectivity index (χ0v) is 9.72. The van der Waals surface area contributed by atoms with Gasteiger partial charge in [0.05, 0.1) is 11.5 Å². The number of nitriles is 1. The fraction of sp³-hybridized carbons (Fsp3) is 0.909. The Morgan fingerprint density at radius 2 is 1.86 bits per heavy atom. The zero-order chi connectivity index (χ0) is 11.2. The number of aliphatic hydroxyl groups excluding tert-OH is 1. The van der Waals surface area contributed by atoms with E-state index in [1.54, 1.807) is 0 Å². The predicted octanol–water partition coefficient (Wildman–Crippen LogP) is 1.53. The molecule has 3 heteroatoms. The van der Waals surface area contributed by atoms with Crippen molar-refractivity contribution in [3.63, 3.8) is 0 Å². The number of aliphatic hydroxyl groups is 1. The van der Waals surface area contributed by atoms with Gasteiger partial charge >= 0.3 is 0 Å². The van der Waals surface area contributed by atoms with E-state index in [1.165, 1.54) is 0 Å². The summed E-state index contributed by atoms with van der Waals surface area (Å²) >= 11 is 0. The maximum Gasteiger partial charge on any atom is 0.0697 e. The molecule has 1 unspecified atom stereocenters. The summed E-state index contributed by atoms with van der Waals surface area (Å²) in [5.41, 5.74) is -0.393. The Bertz CT molecular complexity index is 202. The fourth-order valence-corrected chi connectivity index (χ4v) is 1.01. The number of nitrogens with one attached hydrogen (secondary N) is 1. The average Bonchev–Trinajstić information content (AvgIpc) is 2.17. The predicted molar refractivity (Wildman–Crippen MR) is 57.7 cm³/mol. The number of rotatable bonds is 6. The topological polar surface area (TPSA) is 56.0 Å². The molecule has 0 aromatic carbocycles. The largest absolute Gasteiger partial charge is 0.396 e. The normalized spacial score (nSPS) is 16.0. The minimum atomic E-state index is -0.329. The molecule has 0 aliphatic carbocycles. The van der Waals surface area contributed by atoms with Gasteiger partial charge in [0.25, 0.3) is 0 Å². The molecule has 0 amide bonds. The summed E-state index contributed by atoms with van der Waals surface area (Å²) < 4.78 is 0. The highest BCUT2D eigenvalue weighted by Gasteiger charge is 2.22. The van der Waals surface area contributed by atoms with Gasteiger partial charge in [0, 0.05) is 25.1 Å². The van der Waals surface area contributed by atoms with Crippen LogP contribution >= 0.6 is 0 Å². The molecule has 0 saturated carbocycles. The second kappa shape index (κ2) is 5.33. The first-order valence-electron chi connectivity index (χ1n) is 5.12. The minimum absolute atomic E-state index is 0.0640. The molecule has 1 atom stereocenters. The van der Waals surface area contributed by atoms with E-state index in [4.69, 9.17) is 10.4 Å². The molecule has 82 valence electrons. The van der Waals surface area contributed by atoms with Crippen molar-refractivity contribution in [2.75, 3.05) is 19.7 Å². The second-order valence-corrected chi connectivity index (χ2v) is 4.92. The third-order valence-corrected chi connectivity index (χ3v) is 2.66. The fourth-order valence-electron chi connectivity index (χ4n) is 1.01. The SMILES string of the molecule is CCC(C)(CO)CNCC(C)(C)C#N. The quantitative estimate of drug-likeness (QED) is 0.680. The van der Waals surface area contributed by atoms with E-state index in [0.29, 0.717) is 6.54 Å². The van der Waals surface area contributed by atoms with Crippen LogP contribution in [-0.4, -0.2) is 24.8 Å². The lowest BCUT2D eigenvalue weighted by Gasteiger charge is -2.27. The summed E-state index contributed by atoms with van der Waals surface area (Å²) in [7, 11) is 0. The van der Waals surface area contributed by atoms with Gasteiger partial charge in [0.15, 0.2) is 0 Å². The van der Waals surface area contributed by atoms with Crippen LogP contribution in [0.15, 0.2) is 0 Å². The lowest BCUT2D eigenvalue weighted by molar-refractivity contribution is 0.133. The lowest BCUT2D eigenvalue weighted by atomic mass is 9.88. The van der Waals surface area contributed by atoms with Crippen LogP contribution in [0.3, 0.4) is 0 Å². The van der Waals surface area contributed by atoms with Crippen molar-refractivity contribution in [2.45, 2.75) is 34.1 Å². The van der Waals surface area contributed by atoms with E-state index in [2.05, 4.69) is 18.3 Å². The van der Waals surface area contributed by atoms with Crippen molar-refractivity contribution in [2.24, 2.45) is 10.8 Å². The van der Waals surface area contributed by atoms with Crippen LogP contribution in [0.1, 0.15) is 34.1 Å². The Labute approximate surface area is 87.1 Å². The van der Waals surface area contributed by atoms with Crippen LogP contribution < -0.4 is 5.32 Å². The van der Waals surface area contributed by atoms with Gasteiger partial charge in [-0.25, -0.2) is 0 Å². The molecule has 0 spiro atoms. The van der Waals surface area contributed by atoms with Crippen LogP contribution in [0.25, 0.3) is 0 Å². The molecule has 0 aromatic heterocycles. The molecule has 0 bridgehead atoms. The number of nitrogens with zero attached hydrogens (tertiary/aromatic N) is 1.